The average Bonchev–Trinajstić information content (AvgIpc) is 3.19. The number of ketones is 2. The molecule has 1 atom stereocenters. The molecule has 2 aliphatic rings. The maximum atomic E-state index is 12.5. The number of carbonyl (C=O) groups excluding carboxylic acids is 3. The van der Waals surface area contributed by atoms with Crippen molar-refractivity contribution < 1.29 is 29.0 Å². The minimum atomic E-state index is -1.11. The van der Waals surface area contributed by atoms with Gasteiger partial charge in [0.25, 0.3) is 0 Å². The molecule has 0 aliphatic heterocycles. The molecule has 0 saturated heterocycles. The van der Waals surface area contributed by atoms with Crippen LogP contribution < -0.4 is 5.32 Å². The van der Waals surface area contributed by atoms with Crippen molar-refractivity contribution in [1.82, 2.24) is 5.32 Å². The van der Waals surface area contributed by atoms with Crippen LogP contribution in [0.4, 0.5) is 4.79 Å². The van der Waals surface area contributed by atoms with Gasteiger partial charge in [0.15, 0.2) is 11.6 Å². The van der Waals surface area contributed by atoms with Gasteiger partial charge >= 0.3 is 12.1 Å². The van der Waals surface area contributed by atoms with Gasteiger partial charge in [-0.1, -0.05) is 80.8 Å². The van der Waals surface area contributed by atoms with Gasteiger partial charge in [-0.25, -0.2) is 9.59 Å². The van der Waals surface area contributed by atoms with E-state index in [-0.39, 0.29) is 35.9 Å². The van der Waals surface area contributed by atoms with Crippen molar-refractivity contribution in [3.63, 3.8) is 0 Å². The van der Waals surface area contributed by atoms with Gasteiger partial charge in [-0.3, -0.25) is 9.59 Å². The summed E-state index contributed by atoms with van der Waals surface area (Å²) in [6.45, 7) is 5.83. The van der Waals surface area contributed by atoms with Gasteiger partial charge < -0.3 is 15.2 Å². The Morgan fingerprint density at radius 1 is 0.949 bits per heavy atom. The number of carbonyl (C=O) groups is 4. The van der Waals surface area contributed by atoms with Gasteiger partial charge in [-0.05, 0) is 53.9 Å². The second-order valence-electron chi connectivity index (χ2n) is 11.5. The Labute approximate surface area is 229 Å². The van der Waals surface area contributed by atoms with Gasteiger partial charge in [-0.15, -0.1) is 0 Å². The summed E-state index contributed by atoms with van der Waals surface area (Å²) in [4.78, 5) is 49.3. The van der Waals surface area contributed by atoms with Gasteiger partial charge in [0.2, 0.25) is 0 Å². The second kappa shape index (κ2) is 12.0. The number of unbranched alkanes of at least 4 members (excludes halogenated alkanes) is 2. The molecule has 0 unspecified atom stereocenters. The fourth-order valence-electron chi connectivity index (χ4n) is 5.82. The molecule has 7 nitrogen and oxygen atoms in total. The van der Waals surface area contributed by atoms with E-state index in [0.29, 0.717) is 37.7 Å². The molecule has 4 rings (SSSR count). The van der Waals surface area contributed by atoms with Crippen LogP contribution in [0.25, 0.3) is 11.1 Å². The summed E-state index contributed by atoms with van der Waals surface area (Å²) in [7, 11) is 0. The lowest BCUT2D eigenvalue weighted by atomic mass is 9.73. The lowest BCUT2D eigenvalue weighted by Gasteiger charge is -2.29. The molecule has 1 fully saturated rings. The number of amides is 1. The van der Waals surface area contributed by atoms with Crippen molar-refractivity contribution in [2.45, 2.75) is 77.7 Å². The molecule has 0 heterocycles. The van der Waals surface area contributed by atoms with Gasteiger partial charge in [0.1, 0.15) is 12.6 Å². The first-order valence-electron chi connectivity index (χ1n) is 13.7. The molecule has 1 amide bonds. The number of allylic oxidation sites excluding steroid dienone is 2. The number of nitrogens with one attached hydrogen (secondary N) is 1. The van der Waals surface area contributed by atoms with Crippen molar-refractivity contribution in [2.75, 3.05) is 6.61 Å². The summed E-state index contributed by atoms with van der Waals surface area (Å²) in [5.74, 6) is -1.36. The van der Waals surface area contributed by atoms with Crippen LogP contribution in [0, 0.1) is 5.41 Å². The Morgan fingerprint density at radius 3 is 2.08 bits per heavy atom. The van der Waals surface area contributed by atoms with E-state index in [9.17, 15) is 24.3 Å². The number of benzene rings is 2. The van der Waals surface area contributed by atoms with Crippen LogP contribution in [0.1, 0.15) is 82.8 Å². The Hall–Kier alpha value is -3.74. The van der Waals surface area contributed by atoms with E-state index in [1.165, 1.54) is 0 Å². The normalized spacial score (nSPS) is 16.8. The Morgan fingerprint density at radius 2 is 1.51 bits per heavy atom. The molecule has 0 spiro atoms. The Bertz CT molecular complexity index is 1240. The third-order valence-electron chi connectivity index (χ3n) is 7.74. The summed E-state index contributed by atoms with van der Waals surface area (Å²) in [6, 6.07) is 15.0. The molecule has 2 N–H and O–H groups in total. The molecular formula is C32H37NO6. The van der Waals surface area contributed by atoms with E-state index in [1.54, 1.807) is 0 Å². The highest BCUT2D eigenvalue weighted by molar-refractivity contribution is 6.22. The number of alkyl carbamates (subject to hydrolysis) is 1. The van der Waals surface area contributed by atoms with E-state index in [2.05, 4.69) is 17.4 Å². The number of Topliss-reactive ketones (excluding diaryl/α,β-unsaturated/α-hetero) is 2. The predicted octanol–water partition coefficient (Wildman–Crippen LogP) is 6.20. The minimum Gasteiger partial charge on any atom is -0.480 e. The Balaban J connectivity index is 1.24. The van der Waals surface area contributed by atoms with E-state index < -0.39 is 18.1 Å². The van der Waals surface area contributed by atoms with Crippen molar-refractivity contribution in [2.24, 2.45) is 5.41 Å². The molecule has 2 aliphatic carbocycles. The molecule has 2 aromatic carbocycles. The first-order valence-corrected chi connectivity index (χ1v) is 13.7. The summed E-state index contributed by atoms with van der Waals surface area (Å²) < 4.78 is 5.50. The summed E-state index contributed by atoms with van der Waals surface area (Å²) >= 11 is 0. The quantitative estimate of drug-likeness (QED) is 0.214. The summed E-state index contributed by atoms with van der Waals surface area (Å²) in [5, 5.41) is 12.1. The van der Waals surface area contributed by atoms with Crippen molar-refractivity contribution in [3.8, 4) is 11.1 Å². The maximum Gasteiger partial charge on any atom is 0.407 e. The van der Waals surface area contributed by atoms with Gasteiger partial charge in [0, 0.05) is 18.8 Å². The number of hydrogen-bond donors (Lipinski definition) is 2. The van der Waals surface area contributed by atoms with E-state index in [4.69, 9.17) is 4.74 Å². The molecule has 1 saturated carbocycles. The molecule has 0 radical (unpaired) electrons. The zero-order chi connectivity index (χ0) is 28.2. The highest BCUT2D eigenvalue weighted by Gasteiger charge is 2.36. The number of aliphatic carboxylic acids is 1. The van der Waals surface area contributed by atoms with Gasteiger partial charge in [-0.2, -0.15) is 0 Å². The Kier molecular flexibility index (Phi) is 8.68. The van der Waals surface area contributed by atoms with Crippen molar-refractivity contribution in [3.05, 3.63) is 70.8 Å². The average molecular weight is 532 g/mol. The predicted molar refractivity (Wildman–Crippen MR) is 148 cm³/mol. The smallest absolute Gasteiger partial charge is 0.407 e. The third-order valence-corrected chi connectivity index (χ3v) is 7.74. The lowest BCUT2D eigenvalue weighted by molar-refractivity contribution is -0.139. The number of carboxylic acid groups (broad SMARTS) is 1. The maximum absolute atomic E-state index is 12.5. The molecular weight excluding hydrogens is 494 g/mol. The SMILES string of the molecule is CC(CCCCC[C@H](NC(=O)OCC1c2ccccc2-c2ccccc21)C(=O)O)=C1C(=O)CC(C)(C)CC1=O. The summed E-state index contributed by atoms with van der Waals surface area (Å²) in [6.07, 6.45) is 2.93. The first kappa shape index (κ1) is 28.3. The van der Waals surface area contributed by atoms with Crippen LogP contribution in [0.2, 0.25) is 0 Å². The van der Waals surface area contributed by atoms with Crippen LogP contribution in [0.3, 0.4) is 0 Å². The largest absolute Gasteiger partial charge is 0.480 e. The molecule has 39 heavy (non-hydrogen) atoms. The van der Waals surface area contributed by atoms with Crippen LogP contribution >= 0.6 is 0 Å². The molecule has 206 valence electrons. The summed E-state index contributed by atoms with van der Waals surface area (Å²) in [5.41, 5.74) is 5.31. The van der Waals surface area contributed by atoms with Crippen LogP contribution in [0.5, 0.6) is 0 Å². The fourth-order valence-corrected chi connectivity index (χ4v) is 5.82. The second-order valence-corrected chi connectivity index (χ2v) is 11.5. The molecule has 0 bridgehead atoms. The molecule has 0 aromatic heterocycles. The highest BCUT2D eigenvalue weighted by Crippen LogP contribution is 2.44. The first-order chi connectivity index (χ1) is 18.6. The number of fused-ring (bicyclic) bond motifs is 3. The zero-order valence-corrected chi connectivity index (χ0v) is 22.9. The topological polar surface area (TPSA) is 110 Å². The highest BCUT2D eigenvalue weighted by atomic mass is 16.5. The van der Waals surface area contributed by atoms with Crippen molar-refractivity contribution in [1.29, 1.82) is 0 Å². The number of hydrogen-bond acceptors (Lipinski definition) is 5. The fraction of sp³-hybridized carbons (Fsp3) is 0.438. The van der Waals surface area contributed by atoms with Crippen molar-refractivity contribution >= 4 is 23.6 Å². The third kappa shape index (κ3) is 6.64. The van der Waals surface area contributed by atoms with E-state index in [0.717, 1.165) is 34.2 Å². The van der Waals surface area contributed by atoms with Crippen LogP contribution in [0.15, 0.2) is 59.7 Å². The lowest BCUT2D eigenvalue weighted by Crippen LogP contribution is -2.41. The monoisotopic (exact) mass is 531 g/mol. The standard InChI is InChI=1S/C32H37NO6/c1-20(29-27(34)17-32(2,3)18-28(29)35)11-5-4-6-16-26(30(36)37)33-31(38)39-19-25-23-14-9-7-12-21(23)22-13-8-10-15-24(22)25/h7-10,12-15,25-26H,4-6,11,16-19H2,1-3H3,(H,33,38)(H,36,37)/t26-/m0/s1. The zero-order valence-electron chi connectivity index (χ0n) is 22.9. The number of ether oxygens (including phenoxy) is 1. The number of carboxylic acids is 1. The van der Waals surface area contributed by atoms with Crippen LogP contribution in [-0.4, -0.2) is 41.4 Å². The van der Waals surface area contributed by atoms with E-state index in [1.807, 2.05) is 57.2 Å². The molecule has 2 aromatic rings. The minimum absolute atomic E-state index is 0.0769. The van der Waals surface area contributed by atoms with Gasteiger partial charge in [0.05, 0.1) is 5.57 Å². The number of rotatable bonds is 10. The molecule has 7 heteroatoms. The van der Waals surface area contributed by atoms with Crippen LogP contribution in [-0.2, 0) is 19.1 Å². The van der Waals surface area contributed by atoms with E-state index >= 15 is 0 Å².